The van der Waals surface area contributed by atoms with Gasteiger partial charge >= 0.3 is 12.1 Å². The molecule has 0 aliphatic carbocycles. The number of benzene rings is 2. The van der Waals surface area contributed by atoms with Gasteiger partial charge in [-0.25, -0.2) is 9.59 Å². The zero-order chi connectivity index (χ0) is 43.8. The van der Waals surface area contributed by atoms with Crippen LogP contribution in [-0.2, 0) is 33.8 Å². The average Bonchev–Trinajstić information content (AvgIpc) is 3.44. The average molecular weight is 820 g/mol. The van der Waals surface area contributed by atoms with E-state index in [1.807, 2.05) is 107 Å². The summed E-state index contributed by atoms with van der Waals surface area (Å²) in [4.78, 5) is 78.7. The summed E-state index contributed by atoms with van der Waals surface area (Å²) in [6, 6.07) is 23.5. The Morgan fingerprint density at radius 1 is 0.767 bits per heavy atom. The van der Waals surface area contributed by atoms with E-state index in [1.165, 1.54) is 4.90 Å². The molecule has 0 bridgehead atoms. The van der Waals surface area contributed by atoms with E-state index in [0.29, 0.717) is 5.69 Å². The van der Waals surface area contributed by atoms with Crippen LogP contribution in [0, 0.1) is 17.8 Å². The number of aliphatic hydroxyl groups is 1. The van der Waals surface area contributed by atoms with Crippen LogP contribution in [0.2, 0.25) is 0 Å². The van der Waals surface area contributed by atoms with Crippen LogP contribution in [0.5, 0.6) is 0 Å². The lowest BCUT2D eigenvalue weighted by atomic mass is 9.84. The number of amides is 6. The van der Waals surface area contributed by atoms with Gasteiger partial charge in [0.05, 0.1) is 30.1 Å². The zero-order valence-corrected chi connectivity index (χ0v) is 35.4. The SMILES string of the molecule is Cc1cccc(CN2C(=O)CN([C@H](C(=O)N[C@@H](Cc3ccccc3)[C@@H](O)C[C@H](Cc3ccc(-c4ccccn4)cc3)NC(=O)[C@@H](NC(=O)O)C(C)(C)C)C(C)(C)C)C2=O)n1. The fraction of sp³-hybridized carbons (Fsp3) is 0.413. The number of nitrogens with one attached hydrogen (secondary N) is 3. The fourth-order valence-electron chi connectivity index (χ4n) is 7.54. The van der Waals surface area contributed by atoms with Crippen molar-refractivity contribution in [2.24, 2.45) is 10.8 Å². The molecule has 1 aliphatic rings. The van der Waals surface area contributed by atoms with Gasteiger partial charge in [0.2, 0.25) is 11.8 Å². The number of hydrogen-bond donors (Lipinski definition) is 5. The first-order chi connectivity index (χ1) is 28.3. The van der Waals surface area contributed by atoms with Crippen LogP contribution in [-0.4, -0.2) is 96.6 Å². The van der Waals surface area contributed by atoms with E-state index < -0.39 is 70.9 Å². The van der Waals surface area contributed by atoms with E-state index in [9.17, 15) is 34.2 Å². The number of urea groups is 1. The predicted octanol–water partition coefficient (Wildman–Crippen LogP) is 5.52. The molecule has 0 radical (unpaired) electrons. The number of rotatable bonds is 16. The minimum Gasteiger partial charge on any atom is -0.465 e. The molecular formula is C46H57N7O7. The fourth-order valence-corrected chi connectivity index (χ4v) is 7.54. The standard InChI is InChI=1S/C46H57N7O7/c1-29-14-13-17-33(48-29)27-52-38(55)28-53(44(52)60)40(46(5,6)7)42(57)50-36(25-30-15-9-8-10-16-30)37(54)26-34(49-41(56)39(45(2,3)4)51-43(58)59)24-31-19-21-32(22-20-31)35-18-11-12-23-47-35/h8-23,34,36-37,39-40,51,54H,24-28H2,1-7H3,(H,49,56)(H,50,57)(H,58,59)/t34-,36-,37-,39+,40+/m0/s1. The van der Waals surface area contributed by atoms with Gasteiger partial charge in [-0.05, 0) is 72.4 Å². The summed E-state index contributed by atoms with van der Waals surface area (Å²) in [5.41, 5.74) is 3.00. The molecule has 3 heterocycles. The molecule has 60 heavy (non-hydrogen) atoms. The molecule has 14 heteroatoms. The van der Waals surface area contributed by atoms with Crippen LogP contribution in [0.25, 0.3) is 11.3 Å². The van der Waals surface area contributed by atoms with Gasteiger partial charge in [0.1, 0.15) is 18.6 Å². The van der Waals surface area contributed by atoms with E-state index in [-0.39, 0.29) is 32.4 Å². The van der Waals surface area contributed by atoms with Crippen LogP contribution < -0.4 is 16.0 Å². The van der Waals surface area contributed by atoms with Gasteiger partial charge in [0.15, 0.2) is 0 Å². The Bertz CT molecular complexity index is 2120. The molecular weight excluding hydrogens is 763 g/mol. The number of aryl methyl sites for hydroxylation is 1. The summed E-state index contributed by atoms with van der Waals surface area (Å²) in [5.74, 6) is -1.57. The van der Waals surface area contributed by atoms with Crippen molar-refractivity contribution in [3.63, 3.8) is 0 Å². The van der Waals surface area contributed by atoms with Crippen molar-refractivity contribution in [3.05, 3.63) is 120 Å². The Morgan fingerprint density at radius 2 is 1.43 bits per heavy atom. The third-order valence-corrected chi connectivity index (χ3v) is 10.5. The number of imide groups is 1. The molecule has 0 spiro atoms. The van der Waals surface area contributed by atoms with Crippen LogP contribution >= 0.6 is 0 Å². The molecule has 318 valence electrons. The van der Waals surface area contributed by atoms with Crippen LogP contribution in [0.3, 0.4) is 0 Å². The molecule has 4 aromatic rings. The smallest absolute Gasteiger partial charge is 0.405 e. The van der Waals surface area contributed by atoms with Gasteiger partial charge in [0, 0.05) is 23.5 Å². The maximum Gasteiger partial charge on any atom is 0.405 e. The molecule has 1 aliphatic heterocycles. The molecule has 5 N–H and O–H groups in total. The van der Waals surface area contributed by atoms with Gasteiger partial charge in [-0.1, -0.05) is 108 Å². The summed E-state index contributed by atoms with van der Waals surface area (Å²) in [6.07, 6.45) is -0.446. The minimum atomic E-state index is -1.35. The zero-order valence-electron chi connectivity index (χ0n) is 35.4. The number of nitrogens with zero attached hydrogens (tertiary/aromatic N) is 4. The van der Waals surface area contributed by atoms with Crippen molar-refractivity contribution in [1.82, 2.24) is 35.7 Å². The molecule has 14 nitrogen and oxygen atoms in total. The molecule has 0 unspecified atom stereocenters. The highest BCUT2D eigenvalue weighted by Crippen LogP contribution is 2.30. The second kappa shape index (κ2) is 19.3. The van der Waals surface area contributed by atoms with Gasteiger partial charge in [0.25, 0.3) is 5.91 Å². The second-order valence-corrected chi connectivity index (χ2v) is 17.6. The first kappa shape index (κ1) is 44.9. The first-order valence-corrected chi connectivity index (χ1v) is 20.2. The Labute approximate surface area is 351 Å². The normalized spacial score (nSPS) is 15.8. The van der Waals surface area contributed by atoms with Crippen LogP contribution in [0.15, 0.2) is 97.2 Å². The molecule has 5 rings (SSSR count). The molecule has 6 amide bonds. The number of carbonyl (C=O) groups excluding carboxylic acids is 4. The van der Waals surface area contributed by atoms with Crippen molar-refractivity contribution in [2.75, 3.05) is 6.54 Å². The summed E-state index contributed by atoms with van der Waals surface area (Å²) >= 11 is 0. The molecule has 1 saturated heterocycles. The number of carboxylic acid groups (broad SMARTS) is 1. The Hall–Kier alpha value is -6.15. The van der Waals surface area contributed by atoms with Crippen LogP contribution in [0.1, 0.15) is 70.5 Å². The van der Waals surface area contributed by atoms with Crippen LogP contribution in [0.4, 0.5) is 9.59 Å². The lowest BCUT2D eigenvalue weighted by Crippen LogP contribution is -2.59. The quantitative estimate of drug-likeness (QED) is 0.0906. The highest BCUT2D eigenvalue weighted by atomic mass is 16.4. The summed E-state index contributed by atoms with van der Waals surface area (Å²) in [7, 11) is 0. The summed E-state index contributed by atoms with van der Waals surface area (Å²) in [6.45, 7) is 12.2. The monoisotopic (exact) mass is 819 g/mol. The van der Waals surface area contributed by atoms with Crippen molar-refractivity contribution in [1.29, 1.82) is 0 Å². The number of aliphatic hydroxyl groups excluding tert-OH is 1. The highest BCUT2D eigenvalue weighted by Gasteiger charge is 2.47. The predicted molar refractivity (Wildman–Crippen MR) is 227 cm³/mol. The van der Waals surface area contributed by atoms with Gasteiger partial charge in [-0.15, -0.1) is 0 Å². The largest absolute Gasteiger partial charge is 0.465 e. The number of carbonyl (C=O) groups is 5. The van der Waals surface area contributed by atoms with Gasteiger partial charge < -0.3 is 31.1 Å². The topological polar surface area (TPSA) is 194 Å². The van der Waals surface area contributed by atoms with E-state index in [1.54, 1.807) is 39.1 Å². The first-order valence-electron chi connectivity index (χ1n) is 20.2. The van der Waals surface area contributed by atoms with E-state index in [2.05, 4.69) is 25.9 Å². The Balaban J connectivity index is 1.43. The summed E-state index contributed by atoms with van der Waals surface area (Å²) in [5, 5.41) is 30.2. The lowest BCUT2D eigenvalue weighted by Gasteiger charge is -2.38. The number of aromatic nitrogens is 2. The van der Waals surface area contributed by atoms with Crippen molar-refractivity contribution in [2.45, 2.75) is 105 Å². The lowest BCUT2D eigenvalue weighted by molar-refractivity contribution is -0.131. The molecule has 2 aromatic carbocycles. The Kier molecular flexibility index (Phi) is 14.4. The maximum absolute atomic E-state index is 14.6. The van der Waals surface area contributed by atoms with E-state index >= 15 is 0 Å². The number of hydrogen-bond acceptors (Lipinski definition) is 8. The molecule has 0 saturated carbocycles. The third-order valence-electron chi connectivity index (χ3n) is 10.5. The van der Waals surface area contributed by atoms with E-state index in [0.717, 1.165) is 33.0 Å². The highest BCUT2D eigenvalue weighted by molar-refractivity contribution is 6.04. The van der Waals surface area contributed by atoms with Crippen molar-refractivity contribution < 1.29 is 34.2 Å². The maximum atomic E-state index is 14.6. The van der Waals surface area contributed by atoms with Gasteiger partial charge in [-0.2, -0.15) is 0 Å². The third kappa shape index (κ3) is 12.0. The second-order valence-electron chi connectivity index (χ2n) is 17.6. The molecule has 1 fully saturated rings. The minimum absolute atomic E-state index is 0.0337. The van der Waals surface area contributed by atoms with Crippen molar-refractivity contribution >= 4 is 29.8 Å². The molecule has 2 aromatic heterocycles. The number of pyridine rings is 2. The van der Waals surface area contributed by atoms with Gasteiger partial charge in [-0.3, -0.25) is 29.3 Å². The molecule has 5 atom stereocenters. The van der Waals surface area contributed by atoms with Crippen molar-refractivity contribution in [3.8, 4) is 11.3 Å². The van der Waals surface area contributed by atoms with E-state index in [4.69, 9.17) is 0 Å². The summed E-state index contributed by atoms with van der Waals surface area (Å²) < 4.78 is 0. The Morgan fingerprint density at radius 3 is 2.03 bits per heavy atom.